The number of rotatable bonds is 5. The minimum Gasteiger partial charge on any atom is -0.309 e. The van der Waals surface area contributed by atoms with Gasteiger partial charge in [-0.25, -0.2) is 0 Å². The van der Waals surface area contributed by atoms with Crippen molar-refractivity contribution in [2.75, 3.05) is 6.54 Å². The molecule has 6 heteroatoms. The van der Waals surface area contributed by atoms with Crippen LogP contribution in [0.5, 0.6) is 0 Å². The molecule has 102 valence electrons. The van der Waals surface area contributed by atoms with Crippen LogP contribution in [-0.4, -0.2) is 11.5 Å². The third kappa shape index (κ3) is 4.36. The van der Waals surface area contributed by atoms with Crippen LogP contribution in [0.25, 0.3) is 0 Å². The summed E-state index contributed by atoms with van der Waals surface area (Å²) in [6.07, 6.45) is 4.66. The Balaban J connectivity index is 2.20. The molecule has 2 aromatic heterocycles. The van der Waals surface area contributed by atoms with Crippen LogP contribution in [0.4, 0.5) is 0 Å². The second kappa shape index (κ2) is 7.31. The molecule has 2 nitrogen and oxygen atoms in total. The smallest absolute Gasteiger partial charge is 0.0843 e. The van der Waals surface area contributed by atoms with Crippen molar-refractivity contribution in [1.29, 1.82) is 0 Å². The maximum atomic E-state index is 4.22. The molecule has 0 aliphatic heterocycles. The van der Waals surface area contributed by atoms with Gasteiger partial charge in [0, 0.05) is 32.3 Å². The Morgan fingerprint density at radius 2 is 2.05 bits per heavy atom. The summed E-state index contributed by atoms with van der Waals surface area (Å²) in [5, 5.41) is 3.53. The highest BCUT2D eigenvalue weighted by Crippen LogP contribution is 2.36. The highest BCUT2D eigenvalue weighted by molar-refractivity contribution is 9.13. The summed E-state index contributed by atoms with van der Waals surface area (Å²) >= 11 is 12.3. The molecule has 1 atom stereocenters. The van der Waals surface area contributed by atoms with E-state index in [4.69, 9.17) is 0 Å². The monoisotopic (exact) mass is 466 g/mol. The zero-order chi connectivity index (χ0) is 13.8. The molecule has 0 saturated heterocycles. The molecule has 0 aromatic carbocycles. The molecule has 19 heavy (non-hydrogen) atoms. The molecule has 0 aliphatic carbocycles. The Morgan fingerprint density at radius 1 is 1.26 bits per heavy atom. The molecule has 0 amide bonds. The lowest BCUT2D eigenvalue weighted by molar-refractivity contribution is 0.557. The van der Waals surface area contributed by atoms with Crippen LogP contribution in [0.1, 0.15) is 23.4 Å². The van der Waals surface area contributed by atoms with E-state index in [0.29, 0.717) is 6.04 Å². The fourth-order valence-corrected chi connectivity index (χ4v) is 4.44. The van der Waals surface area contributed by atoms with Crippen molar-refractivity contribution >= 4 is 59.1 Å². The molecule has 2 aromatic rings. The molecule has 0 radical (unpaired) electrons. The Bertz CT molecular complexity index is 537. The Hall–Kier alpha value is 0.250. The van der Waals surface area contributed by atoms with E-state index in [9.17, 15) is 0 Å². The van der Waals surface area contributed by atoms with Crippen molar-refractivity contribution in [3.63, 3.8) is 0 Å². The van der Waals surface area contributed by atoms with Crippen LogP contribution in [0, 0.1) is 0 Å². The van der Waals surface area contributed by atoms with E-state index in [1.807, 2.05) is 12.4 Å². The van der Waals surface area contributed by atoms with E-state index in [1.165, 1.54) is 10.4 Å². The Kier molecular flexibility index (Phi) is 6.02. The van der Waals surface area contributed by atoms with E-state index in [-0.39, 0.29) is 0 Å². The quantitative estimate of drug-likeness (QED) is 0.642. The topological polar surface area (TPSA) is 24.9 Å². The largest absolute Gasteiger partial charge is 0.309 e. The zero-order valence-electron chi connectivity index (χ0n) is 10.3. The average Bonchev–Trinajstić information content (AvgIpc) is 2.69. The van der Waals surface area contributed by atoms with Gasteiger partial charge < -0.3 is 5.32 Å². The van der Waals surface area contributed by atoms with Crippen molar-refractivity contribution in [2.45, 2.75) is 19.4 Å². The Morgan fingerprint density at radius 3 is 2.63 bits per heavy atom. The van der Waals surface area contributed by atoms with Crippen molar-refractivity contribution in [3.05, 3.63) is 47.7 Å². The predicted molar refractivity (Wildman–Crippen MR) is 91.8 cm³/mol. The number of pyridine rings is 1. The molecule has 0 fully saturated rings. The summed E-state index contributed by atoms with van der Waals surface area (Å²) in [7, 11) is 0. The van der Waals surface area contributed by atoms with Gasteiger partial charge in [0.05, 0.1) is 3.79 Å². The van der Waals surface area contributed by atoms with Crippen LogP contribution in [0.2, 0.25) is 0 Å². The lowest BCUT2D eigenvalue weighted by Gasteiger charge is -2.16. The number of halogens is 3. The fourth-order valence-electron chi connectivity index (χ4n) is 1.86. The number of likely N-dealkylation sites (N-methyl/N-ethyl adjacent to an activating group) is 1. The lowest BCUT2D eigenvalue weighted by atomic mass is 10.1. The summed E-state index contributed by atoms with van der Waals surface area (Å²) < 4.78 is 3.27. The molecule has 0 saturated carbocycles. The highest BCUT2D eigenvalue weighted by Gasteiger charge is 2.16. The second-order valence-electron chi connectivity index (χ2n) is 4.10. The molecular formula is C13H13Br3N2S. The highest BCUT2D eigenvalue weighted by atomic mass is 79.9. The number of thiophene rings is 1. The molecule has 1 unspecified atom stereocenters. The summed E-state index contributed by atoms with van der Waals surface area (Å²) in [6, 6.07) is 4.61. The third-order valence-corrected chi connectivity index (χ3v) is 6.46. The van der Waals surface area contributed by atoms with Crippen LogP contribution >= 0.6 is 59.1 Å². The number of nitrogens with one attached hydrogen (secondary N) is 1. The van der Waals surface area contributed by atoms with Gasteiger partial charge in [0.2, 0.25) is 0 Å². The van der Waals surface area contributed by atoms with E-state index in [0.717, 1.165) is 25.7 Å². The van der Waals surface area contributed by atoms with Gasteiger partial charge >= 0.3 is 0 Å². The van der Waals surface area contributed by atoms with Crippen LogP contribution in [-0.2, 0) is 6.42 Å². The molecule has 0 spiro atoms. The molecule has 2 rings (SSSR count). The van der Waals surface area contributed by atoms with Crippen molar-refractivity contribution < 1.29 is 0 Å². The summed E-state index contributed by atoms with van der Waals surface area (Å²) in [6.45, 7) is 3.07. The van der Waals surface area contributed by atoms with Gasteiger partial charge in [-0.15, -0.1) is 11.3 Å². The van der Waals surface area contributed by atoms with Gasteiger partial charge in [0.1, 0.15) is 0 Å². The zero-order valence-corrected chi connectivity index (χ0v) is 15.9. The van der Waals surface area contributed by atoms with Gasteiger partial charge in [0.25, 0.3) is 0 Å². The van der Waals surface area contributed by atoms with Crippen LogP contribution < -0.4 is 5.32 Å². The molecule has 0 bridgehead atoms. The number of aromatic nitrogens is 1. The SMILES string of the molecule is CCNC(Cc1cncc(Br)c1)c1cc(Br)c(Br)s1. The van der Waals surface area contributed by atoms with Crippen molar-refractivity contribution in [3.8, 4) is 0 Å². The van der Waals surface area contributed by atoms with E-state index in [1.54, 1.807) is 11.3 Å². The molecule has 1 N–H and O–H groups in total. The van der Waals surface area contributed by atoms with Crippen LogP contribution in [0.3, 0.4) is 0 Å². The number of nitrogens with zero attached hydrogens (tertiary/aromatic N) is 1. The summed E-state index contributed by atoms with van der Waals surface area (Å²) in [5.74, 6) is 0. The van der Waals surface area contributed by atoms with Gasteiger partial charge in [-0.1, -0.05) is 6.92 Å². The van der Waals surface area contributed by atoms with E-state index < -0.39 is 0 Å². The van der Waals surface area contributed by atoms with E-state index in [2.05, 4.69) is 77.1 Å². The van der Waals surface area contributed by atoms with Crippen molar-refractivity contribution in [2.24, 2.45) is 0 Å². The minimum absolute atomic E-state index is 0.314. The maximum Gasteiger partial charge on any atom is 0.0843 e. The van der Waals surface area contributed by atoms with Gasteiger partial charge in [0.15, 0.2) is 0 Å². The first-order valence-corrected chi connectivity index (χ1v) is 9.07. The van der Waals surface area contributed by atoms with Gasteiger partial charge in [-0.2, -0.15) is 0 Å². The normalized spacial score (nSPS) is 12.6. The predicted octanol–water partition coefficient (Wildman–Crippen LogP) is 5.32. The third-order valence-electron chi connectivity index (χ3n) is 2.66. The molecule has 2 heterocycles. The first kappa shape index (κ1) is 15.6. The van der Waals surface area contributed by atoms with Gasteiger partial charge in [-0.3, -0.25) is 4.98 Å². The summed E-state index contributed by atoms with van der Waals surface area (Å²) in [5.41, 5.74) is 1.22. The number of hydrogen-bond donors (Lipinski definition) is 1. The molecular weight excluding hydrogens is 456 g/mol. The minimum atomic E-state index is 0.314. The number of hydrogen-bond acceptors (Lipinski definition) is 3. The first-order valence-electron chi connectivity index (χ1n) is 5.87. The molecule has 0 aliphatic rings. The van der Waals surface area contributed by atoms with E-state index >= 15 is 0 Å². The average molecular weight is 469 g/mol. The lowest BCUT2D eigenvalue weighted by Crippen LogP contribution is -2.22. The van der Waals surface area contributed by atoms with Crippen molar-refractivity contribution in [1.82, 2.24) is 10.3 Å². The van der Waals surface area contributed by atoms with Gasteiger partial charge in [-0.05, 0) is 78.5 Å². The standard InChI is InChI=1S/C13H13Br3N2S/c1-2-18-11(12-5-10(15)13(16)19-12)4-8-3-9(14)7-17-6-8/h3,5-7,11,18H,2,4H2,1H3. The maximum absolute atomic E-state index is 4.22. The summed E-state index contributed by atoms with van der Waals surface area (Å²) in [4.78, 5) is 5.54. The first-order chi connectivity index (χ1) is 9.10. The Labute approximate surface area is 142 Å². The second-order valence-corrected chi connectivity index (χ2v) is 8.27. The fraction of sp³-hybridized carbons (Fsp3) is 0.308. The van der Waals surface area contributed by atoms with Crippen LogP contribution in [0.15, 0.2) is 37.3 Å².